The van der Waals surface area contributed by atoms with Crippen molar-refractivity contribution in [3.63, 3.8) is 0 Å². The fraction of sp³-hybridized carbons (Fsp3) is 0.357. The number of carbonyl (C=O) groups excluding carboxylic acids is 3. The molecular formula is C14H13ClNO4-. The van der Waals surface area contributed by atoms with E-state index in [0.29, 0.717) is 5.02 Å². The van der Waals surface area contributed by atoms with Crippen LogP contribution in [0.15, 0.2) is 18.2 Å². The van der Waals surface area contributed by atoms with Crippen molar-refractivity contribution in [1.29, 1.82) is 0 Å². The minimum atomic E-state index is -1.43. The molecule has 0 aromatic heterocycles. The van der Waals surface area contributed by atoms with Gasteiger partial charge in [-0.2, -0.15) is 0 Å². The van der Waals surface area contributed by atoms with E-state index in [1.54, 1.807) is 0 Å². The molecule has 5 nitrogen and oxygen atoms in total. The van der Waals surface area contributed by atoms with Crippen molar-refractivity contribution in [3.05, 3.63) is 34.3 Å². The van der Waals surface area contributed by atoms with E-state index in [1.807, 2.05) is 13.8 Å². The molecule has 1 aliphatic heterocycles. The number of aliphatic carboxylic acids is 1. The van der Waals surface area contributed by atoms with Crippen LogP contribution >= 0.6 is 11.6 Å². The van der Waals surface area contributed by atoms with E-state index in [9.17, 15) is 19.5 Å². The number of hydrogen-bond acceptors (Lipinski definition) is 4. The Morgan fingerprint density at radius 2 is 1.85 bits per heavy atom. The first-order valence-corrected chi connectivity index (χ1v) is 6.59. The summed E-state index contributed by atoms with van der Waals surface area (Å²) in [6.45, 7) is 3.62. The standard InChI is InChI=1S/C14H14ClNO4/c1-7(2)5-11(14(19)20)16-12(17)9-4-3-8(15)6-10(9)13(16)18/h3-4,6-7,11H,5H2,1-2H3,(H,19,20)/p-1/t11-/m1/s1. The van der Waals surface area contributed by atoms with E-state index in [0.717, 1.165) is 4.90 Å². The highest BCUT2D eigenvalue weighted by Gasteiger charge is 2.40. The third-order valence-corrected chi connectivity index (χ3v) is 3.39. The van der Waals surface area contributed by atoms with Crippen molar-refractivity contribution in [2.75, 3.05) is 0 Å². The Hall–Kier alpha value is -1.88. The number of halogens is 1. The normalized spacial score (nSPS) is 15.7. The Balaban J connectivity index is 2.42. The summed E-state index contributed by atoms with van der Waals surface area (Å²) in [5.74, 6) is -2.68. The van der Waals surface area contributed by atoms with E-state index in [2.05, 4.69) is 0 Å². The zero-order chi connectivity index (χ0) is 15.0. The van der Waals surface area contributed by atoms with Crippen LogP contribution in [0.25, 0.3) is 0 Å². The Kier molecular flexibility index (Phi) is 3.81. The van der Waals surface area contributed by atoms with Crippen LogP contribution in [0.5, 0.6) is 0 Å². The highest BCUT2D eigenvalue weighted by atomic mass is 35.5. The molecule has 0 saturated heterocycles. The Morgan fingerprint density at radius 1 is 1.25 bits per heavy atom. The number of carbonyl (C=O) groups is 3. The van der Waals surface area contributed by atoms with Crippen molar-refractivity contribution >= 4 is 29.4 Å². The lowest BCUT2D eigenvalue weighted by atomic mass is 10.0. The maximum Gasteiger partial charge on any atom is 0.262 e. The van der Waals surface area contributed by atoms with Gasteiger partial charge in [0.1, 0.15) is 0 Å². The molecule has 1 atom stereocenters. The van der Waals surface area contributed by atoms with E-state index in [-0.39, 0.29) is 23.5 Å². The molecule has 106 valence electrons. The predicted octanol–water partition coefficient (Wildman–Crippen LogP) is 1.10. The molecular weight excluding hydrogens is 282 g/mol. The maximum atomic E-state index is 12.2. The lowest BCUT2D eigenvalue weighted by molar-refractivity contribution is -0.310. The van der Waals surface area contributed by atoms with Gasteiger partial charge in [0.05, 0.1) is 23.1 Å². The molecule has 1 aliphatic rings. The summed E-state index contributed by atoms with van der Waals surface area (Å²) in [6.07, 6.45) is 0.154. The zero-order valence-electron chi connectivity index (χ0n) is 11.1. The molecule has 2 amide bonds. The fourth-order valence-corrected chi connectivity index (χ4v) is 2.44. The molecule has 20 heavy (non-hydrogen) atoms. The summed E-state index contributed by atoms with van der Waals surface area (Å²) in [7, 11) is 0. The minimum Gasteiger partial charge on any atom is -0.548 e. The maximum absolute atomic E-state index is 12.2. The van der Waals surface area contributed by atoms with E-state index < -0.39 is 23.8 Å². The first kappa shape index (κ1) is 14.5. The van der Waals surface area contributed by atoms with Gasteiger partial charge in [-0.25, -0.2) is 0 Å². The van der Waals surface area contributed by atoms with Crippen molar-refractivity contribution in [3.8, 4) is 0 Å². The molecule has 1 heterocycles. The first-order valence-electron chi connectivity index (χ1n) is 6.21. The molecule has 0 saturated carbocycles. The molecule has 0 unspecified atom stereocenters. The van der Waals surface area contributed by atoms with E-state index in [1.165, 1.54) is 18.2 Å². The van der Waals surface area contributed by atoms with E-state index >= 15 is 0 Å². The third kappa shape index (κ3) is 2.41. The Labute approximate surface area is 121 Å². The van der Waals surface area contributed by atoms with Crippen molar-refractivity contribution in [2.45, 2.75) is 26.3 Å². The zero-order valence-corrected chi connectivity index (χ0v) is 11.8. The van der Waals surface area contributed by atoms with Gasteiger partial charge < -0.3 is 9.90 Å². The monoisotopic (exact) mass is 294 g/mol. The van der Waals surface area contributed by atoms with Gasteiger partial charge in [0.15, 0.2) is 0 Å². The molecule has 0 N–H and O–H groups in total. The average Bonchev–Trinajstić information content (AvgIpc) is 2.58. The summed E-state index contributed by atoms with van der Waals surface area (Å²) in [6, 6.07) is 3.03. The molecule has 0 aliphatic carbocycles. The van der Waals surface area contributed by atoms with Crippen LogP contribution in [0.3, 0.4) is 0 Å². The van der Waals surface area contributed by atoms with Crippen LogP contribution in [-0.2, 0) is 4.79 Å². The lowest BCUT2D eigenvalue weighted by Crippen LogP contribution is -2.51. The van der Waals surface area contributed by atoms with Gasteiger partial charge in [-0.1, -0.05) is 25.4 Å². The molecule has 6 heteroatoms. The van der Waals surface area contributed by atoms with Crippen LogP contribution < -0.4 is 5.11 Å². The molecule has 1 aromatic rings. The van der Waals surface area contributed by atoms with Gasteiger partial charge in [0.25, 0.3) is 11.8 Å². The largest absolute Gasteiger partial charge is 0.548 e. The van der Waals surface area contributed by atoms with Crippen molar-refractivity contribution in [1.82, 2.24) is 4.90 Å². The lowest BCUT2D eigenvalue weighted by Gasteiger charge is -2.28. The second-order valence-corrected chi connectivity index (χ2v) is 5.57. The Morgan fingerprint density at radius 3 is 2.40 bits per heavy atom. The second-order valence-electron chi connectivity index (χ2n) is 5.13. The SMILES string of the molecule is CC(C)C[C@H](C(=O)[O-])N1C(=O)c2ccc(Cl)cc2C1=O. The van der Waals surface area contributed by atoms with E-state index in [4.69, 9.17) is 11.6 Å². The van der Waals surface area contributed by atoms with Crippen LogP contribution in [0, 0.1) is 5.92 Å². The third-order valence-electron chi connectivity index (χ3n) is 3.16. The summed E-state index contributed by atoms with van der Waals surface area (Å²) >= 11 is 5.80. The number of nitrogens with zero attached hydrogens (tertiary/aromatic N) is 1. The molecule has 0 radical (unpaired) electrons. The average molecular weight is 295 g/mol. The number of carboxylic acids is 1. The number of imide groups is 1. The molecule has 0 fully saturated rings. The summed E-state index contributed by atoms with van der Waals surface area (Å²) in [5.41, 5.74) is 0.312. The molecule has 0 spiro atoms. The number of fused-ring (bicyclic) bond motifs is 1. The number of hydrogen-bond donors (Lipinski definition) is 0. The molecule has 1 aromatic carbocycles. The van der Waals surface area contributed by atoms with Gasteiger partial charge in [-0.15, -0.1) is 0 Å². The number of amides is 2. The van der Waals surface area contributed by atoms with Crippen molar-refractivity contribution < 1.29 is 19.5 Å². The number of rotatable bonds is 4. The first-order chi connectivity index (χ1) is 9.32. The van der Waals surface area contributed by atoms with Crippen molar-refractivity contribution in [2.24, 2.45) is 5.92 Å². The van der Waals surface area contributed by atoms with Gasteiger partial charge in [-0.3, -0.25) is 14.5 Å². The number of carboxylic acid groups (broad SMARTS) is 1. The summed E-state index contributed by atoms with van der Waals surface area (Å²) in [4.78, 5) is 36.5. The highest BCUT2D eigenvalue weighted by molar-refractivity contribution is 6.32. The minimum absolute atomic E-state index is 0.00537. The van der Waals surface area contributed by atoms with Crippen LogP contribution in [-0.4, -0.2) is 28.7 Å². The summed E-state index contributed by atoms with van der Waals surface area (Å²) < 4.78 is 0. The van der Waals surface area contributed by atoms with Gasteiger partial charge in [0.2, 0.25) is 0 Å². The molecule has 2 rings (SSSR count). The predicted molar refractivity (Wildman–Crippen MR) is 70.2 cm³/mol. The fourth-order valence-electron chi connectivity index (χ4n) is 2.27. The highest BCUT2D eigenvalue weighted by Crippen LogP contribution is 2.28. The smallest absolute Gasteiger partial charge is 0.262 e. The summed E-state index contributed by atoms with van der Waals surface area (Å²) in [5, 5.41) is 11.6. The van der Waals surface area contributed by atoms with Crippen LogP contribution in [0.2, 0.25) is 5.02 Å². The quantitative estimate of drug-likeness (QED) is 0.779. The molecule has 0 bridgehead atoms. The Bertz CT molecular complexity index is 597. The van der Waals surface area contributed by atoms with Gasteiger partial charge in [0, 0.05) is 5.02 Å². The second kappa shape index (κ2) is 5.25. The van der Waals surface area contributed by atoms with Crippen LogP contribution in [0.4, 0.5) is 0 Å². The number of benzene rings is 1. The van der Waals surface area contributed by atoms with Crippen LogP contribution in [0.1, 0.15) is 41.0 Å². The van der Waals surface area contributed by atoms with Gasteiger partial charge in [-0.05, 0) is 30.5 Å². The topological polar surface area (TPSA) is 77.5 Å². The van der Waals surface area contributed by atoms with Gasteiger partial charge >= 0.3 is 0 Å².